The molecule has 118 valence electrons. The molecule has 0 bridgehead atoms. The molecular weight excluding hydrogens is 314 g/mol. The zero-order valence-electron chi connectivity index (χ0n) is 12.3. The Morgan fingerprint density at radius 2 is 2.39 bits per heavy atom. The molecular formula is C15H15N5O2S. The summed E-state index contributed by atoms with van der Waals surface area (Å²) in [5, 5.41) is 6.55. The summed E-state index contributed by atoms with van der Waals surface area (Å²) in [6.07, 6.45) is 5.46. The zero-order valence-corrected chi connectivity index (χ0v) is 13.1. The van der Waals surface area contributed by atoms with E-state index in [-0.39, 0.29) is 11.7 Å². The summed E-state index contributed by atoms with van der Waals surface area (Å²) >= 11 is 1.51. The Hall–Kier alpha value is -2.32. The van der Waals surface area contributed by atoms with Crippen LogP contribution >= 0.6 is 11.3 Å². The van der Waals surface area contributed by atoms with Crippen LogP contribution in [0.25, 0.3) is 22.3 Å². The van der Waals surface area contributed by atoms with E-state index < -0.39 is 0 Å². The molecule has 4 heterocycles. The monoisotopic (exact) mass is 329 g/mol. The number of hydrogen-bond acceptors (Lipinski definition) is 7. The van der Waals surface area contributed by atoms with Gasteiger partial charge in [-0.2, -0.15) is 0 Å². The van der Waals surface area contributed by atoms with Crippen molar-refractivity contribution in [3.63, 3.8) is 0 Å². The molecule has 4 rings (SSSR count). The van der Waals surface area contributed by atoms with Crippen molar-refractivity contribution in [3.8, 4) is 11.4 Å². The highest BCUT2D eigenvalue weighted by molar-refractivity contribution is 7.14. The van der Waals surface area contributed by atoms with Crippen molar-refractivity contribution in [3.05, 3.63) is 34.3 Å². The highest BCUT2D eigenvalue weighted by Gasteiger charge is 2.16. The molecule has 3 aromatic heterocycles. The molecule has 3 aromatic rings. The maximum absolute atomic E-state index is 11.8. The van der Waals surface area contributed by atoms with Gasteiger partial charge in [-0.25, -0.2) is 9.97 Å². The van der Waals surface area contributed by atoms with E-state index in [1.807, 2.05) is 5.38 Å². The molecule has 0 aliphatic carbocycles. The lowest BCUT2D eigenvalue weighted by molar-refractivity contribution is 0.120. The average molecular weight is 329 g/mol. The second-order valence-corrected chi connectivity index (χ2v) is 6.20. The van der Waals surface area contributed by atoms with Crippen molar-refractivity contribution < 1.29 is 4.74 Å². The molecule has 1 unspecified atom stereocenters. The first-order valence-electron chi connectivity index (χ1n) is 7.45. The van der Waals surface area contributed by atoms with E-state index >= 15 is 0 Å². The van der Waals surface area contributed by atoms with Gasteiger partial charge in [-0.1, -0.05) is 0 Å². The molecule has 8 heteroatoms. The van der Waals surface area contributed by atoms with Crippen molar-refractivity contribution >= 4 is 27.4 Å². The Morgan fingerprint density at radius 1 is 1.43 bits per heavy atom. The number of nitrogens with zero attached hydrogens (tertiary/aromatic N) is 3. The fourth-order valence-electron chi connectivity index (χ4n) is 2.66. The maximum atomic E-state index is 11.8. The number of ether oxygens (including phenoxy) is 1. The topological polar surface area (TPSA) is 92.8 Å². The van der Waals surface area contributed by atoms with Crippen LogP contribution in [0.4, 0.5) is 5.13 Å². The number of fused-ring (bicyclic) bond motifs is 1. The number of aromatic nitrogens is 4. The second-order valence-electron chi connectivity index (χ2n) is 5.34. The predicted molar refractivity (Wildman–Crippen MR) is 88.7 cm³/mol. The standard InChI is InChI=1S/C15H15N5O2S/c21-14-10-3-4-16-13(12(10)18-8-19-14)11-7-23-15(20-11)17-6-9-2-1-5-22-9/h3-4,7-9H,1-2,5-6H2,(H,17,20)(H,18,19,21). The minimum atomic E-state index is -0.175. The predicted octanol–water partition coefficient (Wildman–Crippen LogP) is 2.03. The van der Waals surface area contributed by atoms with E-state index in [2.05, 4.69) is 25.3 Å². The maximum Gasteiger partial charge on any atom is 0.258 e. The highest BCUT2D eigenvalue weighted by Crippen LogP contribution is 2.27. The SMILES string of the molecule is O=c1[nH]cnc2c(-c3csc(NCC4CCCO4)n3)nccc12. The zero-order chi connectivity index (χ0) is 15.6. The summed E-state index contributed by atoms with van der Waals surface area (Å²) in [7, 11) is 0. The summed E-state index contributed by atoms with van der Waals surface area (Å²) in [6, 6.07) is 1.66. The highest BCUT2D eigenvalue weighted by atomic mass is 32.1. The molecule has 23 heavy (non-hydrogen) atoms. The average Bonchev–Trinajstić information content (AvgIpc) is 3.25. The summed E-state index contributed by atoms with van der Waals surface area (Å²) in [6.45, 7) is 1.60. The van der Waals surface area contributed by atoms with Crippen molar-refractivity contribution in [1.82, 2.24) is 19.9 Å². The van der Waals surface area contributed by atoms with Crippen LogP contribution in [0.5, 0.6) is 0 Å². The van der Waals surface area contributed by atoms with Gasteiger partial charge in [0.1, 0.15) is 16.9 Å². The Labute approximate surface area is 135 Å². The molecule has 7 nitrogen and oxygen atoms in total. The third-order valence-electron chi connectivity index (χ3n) is 3.81. The van der Waals surface area contributed by atoms with Gasteiger partial charge in [0.05, 0.1) is 17.8 Å². The fraction of sp³-hybridized carbons (Fsp3) is 0.333. The van der Waals surface area contributed by atoms with Gasteiger partial charge in [0.15, 0.2) is 5.13 Å². The third kappa shape index (κ3) is 2.82. The molecule has 0 aromatic carbocycles. The summed E-state index contributed by atoms with van der Waals surface area (Å²) in [4.78, 5) is 27.6. The van der Waals surface area contributed by atoms with Crippen molar-refractivity contribution in [2.24, 2.45) is 0 Å². The van der Waals surface area contributed by atoms with E-state index in [9.17, 15) is 4.79 Å². The molecule has 0 amide bonds. The number of hydrogen-bond donors (Lipinski definition) is 2. The van der Waals surface area contributed by atoms with E-state index in [1.165, 1.54) is 17.7 Å². The number of thiazole rings is 1. The van der Waals surface area contributed by atoms with Gasteiger partial charge in [-0.05, 0) is 18.9 Å². The largest absolute Gasteiger partial charge is 0.376 e. The van der Waals surface area contributed by atoms with Crippen molar-refractivity contribution in [1.29, 1.82) is 0 Å². The number of aromatic amines is 1. The Kier molecular flexibility index (Phi) is 3.76. The lowest BCUT2D eigenvalue weighted by Crippen LogP contribution is -2.18. The first-order chi connectivity index (χ1) is 11.3. The van der Waals surface area contributed by atoms with Crippen LogP contribution in [0.2, 0.25) is 0 Å². The van der Waals surface area contributed by atoms with Gasteiger partial charge in [0.25, 0.3) is 5.56 Å². The number of rotatable bonds is 4. The van der Waals surface area contributed by atoms with Crippen LogP contribution in [-0.2, 0) is 4.74 Å². The van der Waals surface area contributed by atoms with E-state index in [0.29, 0.717) is 22.3 Å². The minimum absolute atomic E-state index is 0.175. The summed E-state index contributed by atoms with van der Waals surface area (Å²) < 4.78 is 5.59. The molecule has 0 spiro atoms. The molecule has 1 fully saturated rings. The number of nitrogens with one attached hydrogen (secondary N) is 2. The Bertz CT molecular complexity index is 885. The van der Waals surface area contributed by atoms with E-state index in [4.69, 9.17) is 4.74 Å². The van der Waals surface area contributed by atoms with Gasteiger partial charge >= 0.3 is 0 Å². The second kappa shape index (κ2) is 6.05. The van der Waals surface area contributed by atoms with E-state index in [1.54, 1.807) is 12.3 Å². The third-order valence-corrected chi connectivity index (χ3v) is 4.61. The van der Waals surface area contributed by atoms with Gasteiger partial charge < -0.3 is 15.0 Å². The molecule has 1 aliphatic heterocycles. The quantitative estimate of drug-likeness (QED) is 0.761. The fourth-order valence-corrected chi connectivity index (χ4v) is 3.36. The van der Waals surface area contributed by atoms with Crippen LogP contribution in [0, 0.1) is 0 Å². The number of anilines is 1. The number of pyridine rings is 1. The minimum Gasteiger partial charge on any atom is -0.376 e. The van der Waals surface area contributed by atoms with Gasteiger partial charge in [-0.3, -0.25) is 9.78 Å². The van der Waals surface area contributed by atoms with Crippen LogP contribution in [0.3, 0.4) is 0 Å². The number of H-pyrrole nitrogens is 1. The van der Waals surface area contributed by atoms with Crippen LogP contribution in [0.1, 0.15) is 12.8 Å². The van der Waals surface area contributed by atoms with Crippen molar-refractivity contribution in [2.45, 2.75) is 18.9 Å². The van der Waals surface area contributed by atoms with Crippen LogP contribution in [0.15, 0.2) is 28.8 Å². The Balaban J connectivity index is 1.61. The molecule has 1 saturated heterocycles. The molecule has 1 aliphatic rings. The molecule has 2 N–H and O–H groups in total. The molecule has 0 radical (unpaired) electrons. The van der Waals surface area contributed by atoms with E-state index in [0.717, 1.165) is 31.1 Å². The lowest BCUT2D eigenvalue weighted by Gasteiger charge is -2.09. The lowest BCUT2D eigenvalue weighted by atomic mass is 10.2. The van der Waals surface area contributed by atoms with Gasteiger partial charge in [0, 0.05) is 24.7 Å². The Morgan fingerprint density at radius 3 is 3.26 bits per heavy atom. The first kappa shape index (κ1) is 14.3. The smallest absolute Gasteiger partial charge is 0.258 e. The van der Waals surface area contributed by atoms with Crippen LogP contribution < -0.4 is 10.9 Å². The normalized spacial score (nSPS) is 17.7. The van der Waals surface area contributed by atoms with Gasteiger partial charge in [0.2, 0.25) is 0 Å². The first-order valence-corrected chi connectivity index (χ1v) is 8.33. The molecule has 0 saturated carbocycles. The van der Waals surface area contributed by atoms with Crippen molar-refractivity contribution in [2.75, 3.05) is 18.5 Å². The summed E-state index contributed by atoms with van der Waals surface area (Å²) in [5.41, 5.74) is 1.72. The van der Waals surface area contributed by atoms with Crippen LogP contribution in [-0.4, -0.2) is 39.2 Å². The summed E-state index contributed by atoms with van der Waals surface area (Å²) in [5.74, 6) is 0. The molecule has 1 atom stereocenters. The van der Waals surface area contributed by atoms with Gasteiger partial charge in [-0.15, -0.1) is 11.3 Å².